The standard InChI is InChI=1S/C16H15NS2/c1-2-13-14(12-8-9-18-10-12)15(19-16(13)17)11-6-4-3-5-7-11/h3-10H,2,17H2,1H3. The van der Waals surface area contributed by atoms with Crippen LogP contribution in [0.4, 0.5) is 5.00 Å². The molecule has 2 aromatic heterocycles. The zero-order valence-corrected chi connectivity index (χ0v) is 12.4. The topological polar surface area (TPSA) is 26.0 Å². The minimum atomic E-state index is 0.947. The van der Waals surface area contributed by atoms with Gasteiger partial charge in [-0.25, -0.2) is 0 Å². The van der Waals surface area contributed by atoms with Crippen LogP contribution >= 0.6 is 22.7 Å². The SMILES string of the molecule is CCc1c(N)sc(-c2ccccc2)c1-c1ccsc1. The number of hydrogen-bond donors (Lipinski definition) is 1. The molecule has 3 rings (SSSR count). The Bertz CT molecular complexity index is 666. The highest BCUT2D eigenvalue weighted by molar-refractivity contribution is 7.20. The van der Waals surface area contributed by atoms with Crippen LogP contribution in [-0.4, -0.2) is 0 Å². The Hall–Kier alpha value is -1.58. The molecule has 96 valence electrons. The number of nitrogen functional groups attached to an aromatic ring is 1. The highest BCUT2D eigenvalue weighted by Crippen LogP contribution is 2.45. The third-order valence-electron chi connectivity index (χ3n) is 3.24. The van der Waals surface area contributed by atoms with Crippen molar-refractivity contribution in [3.63, 3.8) is 0 Å². The van der Waals surface area contributed by atoms with E-state index in [4.69, 9.17) is 5.73 Å². The van der Waals surface area contributed by atoms with Crippen molar-refractivity contribution in [1.29, 1.82) is 0 Å². The Morgan fingerprint density at radius 3 is 2.47 bits per heavy atom. The summed E-state index contributed by atoms with van der Waals surface area (Å²) in [5.74, 6) is 0. The third kappa shape index (κ3) is 2.20. The lowest BCUT2D eigenvalue weighted by Gasteiger charge is -2.05. The largest absolute Gasteiger partial charge is 0.390 e. The van der Waals surface area contributed by atoms with Crippen LogP contribution in [0.3, 0.4) is 0 Å². The summed E-state index contributed by atoms with van der Waals surface area (Å²) in [6, 6.07) is 12.7. The summed E-state index contributed by atoms with van der Waals surface area (Å²) in [4.78, 5) is 1.29. The Morgan fingerprint density at radius 2 is 1.84 bits per heavy atom. The molecule has 0 atom stereocenters. The van der Waals surface area contributed by atoms with Crippen LogP contribution in [0.15, 0.2) is 47.2 Å². The molecule has 0 fully saturated rings. The Labute approximate surface area is 121 Å². The van der Waals surface area contributed by atoms with E-state index >= 15 is 0 Å². The second kappa shape index (κ2) is 5.19. The summed E-state index contributed by atoms with van der Waals surface area (Å²) in [7, 11) is 0. The molecule has 1 aromatic carbocycles. The molecule has 0 saturated carbocycles. The van der Waals surface area contributed by atoms with Crippen molar-refractivity contribution in [3.05, 3.63) is 52.7 Å². The molecule has 19 heavy (non-hydrogen) atoms. The number of thiophene rings is 2. The van der Waals surface area contributed by atoms with Gasteiger partial charge < -0.3 is 5.73 Å². The first-order valence-electron chi connectivity index (χ1n) is 6.30. The maximum atomic E-state index is 6.22. The van der Waals surface area contributed by atoms with Crippen LogP contribution < -0.4 is 5.73 Å². The molecule has 2 heterocycles. The zero-order valence-electron chi connectivity index (χ0n) is 10.7. The maximum absolute atomic E-state index is 6.22. The Kier molecular flexibility index (Phi) is 3.40. The predicted octanol–water partition coefficient (Wildman–Crippen LogP) is 5.29. The van der Waals surface area contributed by atoms with Crippen molar-refractivity contribution in [2.45, 2.75) is 13.3 Å². The van der Waals surface area contributed by atoms with E-state index in [1.807, 2.05) is 6.07 Å². The van der Waals surface area contributed by atoms with E-state index in [0.717, 1.165) is 11.4 Å². The van der Waals surface area contributed by atoms with Crippen LogP contribution in [0.1, 0.15) is 12.5 Å². The van der Waals surface area contributed by atoms with Gasteiger partial charge >= 0.3 is 0 Å². The summed E-state index contributed by atoms with van der Waals surface area (Å²) in [5.41, 5.74) is 11.4. The lowest BCUT2D eigenvalue weighted by atomic mass is 9.99. The van der Waals surface area contributed by atoms with Gasteiger partial charge in [-0.3, -0.25) is 0 Å². The molecular weight excluding hydrogens is 270 g/mol. The van der Waals surface area contributed by atoms with Crippen molar-refractivity contribution in [3.8, 4) is 21.6 Å². The second-order valence-corrected chi connectivity index (χ2v) is 6.21. The average molecular weight is 285 g/mol. The van der Waals surface area contributed by atoms with Crippen molar-refractivity contribution in [2.24, 2.45) is 0 Å². The van der Waals surface area contributed by atoms with Gasteiger partial charge in [-0.1, -0.05) is 37.3 Å². The minimum absolute atomic E-state index is 0.947. The fourth-order valence-corrected chi connectivity index (χ4v) is 4.17. The molecule has 0 bridgehead atoms. The fraction of sp³-hybridized carbons (Fsp3) is 0.125. The van der Waals surface area contributed by atoms with E-state index in [1.54, 1.807) is 22.7 Å². The molecule has 3 heteroatoms. The predicted molar refractivity (Wildman–Crippen MR) is 86.9 cm³/mol. The van der Waals surface area contributed by atoms with Crippen LogP contribution in [0, 0.1) is 0 Å². The molecule has 0 spiro atoms. The average Bonchev–Trinajstić information content (AvgIpc) is 3.06. The van der Waals surface area contributed by atoms with Gasteiger partial charge in [-0.2, -0.15) is 11.3 Å². The van der Waals surface area contributed by atoms with Gasteiger partial charge in [0.25, 0.3) is 0 Å². The molecule has 1 nitrogen and oxygen atoms in total. The first-order chi connectivity index (χ1) is 9.31. The molecular formula is C16H15NS2. The smallest absolute Gasteiger partial charge is 0.0901 e. The monoisotopic (exact) mass is 285 g/mol. The van der Waals surface area contributed by atoms with Crippen LogP contribution in [-0.2, 0) is 6.42 Å². The van der Waals surface area contributed by atoms with Crippen molar-refractivity contribution >= 4 is 27.7 Å². The van der Waals surface area contributed by atoms with Gasteiger partial charge in [0.05, 0.1) is 5.00 Å². The molecule has 0 aliphatic heterocycles. The van der Waals surface area contributed by atoms with Crippen LogP contribution in [0.5, 0.6) is 0 Å². The Morgan fingerprint density at radius 1 is 1.05 bits per heavy atom. The van der Waals surface area contributed by atoms with Crippen molar-refractivity contribution in [2.75, 3.05) is 5.73 Å². The zero-order chi connectivity index (χ0) is 13.2. The van der Waals surface area contributed by atoms with Crippen molar-refractivity contribution in [1.82, 2.24) is 0 Å². The van der Waals surface area contributed by atoms with E-state index in [9.17, 15) is 0 Å². The number of rotatable bonds is 3. The maximum Gasteiger partial charge on any atom is 0.0901 e. The van der Waals surface area contributed by atoms with Gasteiger partial charge in [-0.05, 0) is 39.9 Å². The molecule has 0 saturated heterocycles. The number of benzene rings is 1. The normalized spacial score (nSPS) is 10.8. The number of anilines is 1. The molecule has 3 aromatic rings. The lowest BCUT2D eigenvalue weighted by Crippen LogP contribution is -1.88. The lowest BCUT2D eigenvalue weighted by molar-refractivity contribution is 1.16. The molecule has 0 amide bonds. The summed E-state index contributed by atoms with van der Waals surface area (Å²) in [6.45, 7) is 2.17. The van der Waals surface area contributed by atoms with Gasteiger partial charge in [-0.15, -0.1) is 11.3 Å². The number of hydrogen-bond acceptors (Lipinski definition) is 3. The minimum Gasteiger partial charge on any atom is -0.390 e. The first-order valence-corrected chi connectivity index (χ1v) is 8.06. The van der Waals surface area contributed by atoms with E-state index in [0.29, 0.717) is 0 Å². The van der Waals surface area contributed by atoms with Crippen LogP contribution in [0.2, 0.25) is 0 Å². The van der Waals surface area contributed by atoms with E-state index in [2.05, 4.69) is 48.0 Å². The first kappa shape index (κ1) is 12.5. The van der Waals surface area contributed by atoms with E-state index in [-0.39, 0.29) is 0 Å². The molecule has 0 radical (unpaired) electrons. The summed E-state index contributed by atoms with van der Waals surface area (Å²) in [5, 5.41) is 5.27. The molecule has 0 aliphatic rings. The number of nitrogens with two attached hydrogens (primary N) is 1. The summed E-state index contributed by atoms with van der Waals surface area (Å²) < 4.78 is 0. The Balaban J connectivity index is 2.26. The fourth-order valence-electron chi connectivity index (χ4n) is 2.34. The van der Waals surface area contributed by atoms with E-state index < -0.39 is 0 Å². The quantitative estimate of drug-likeness (QED) is 0.695. The van der Waals surface area contributed by atoms with Gasteiger partial charge in [0.1, 0.15) is 0 Å². The highest BCUT2D eigenvalue weighted by Gasteiger charge is 2.18. The van der Waals surface area contributed by atoms with Crippen LogP contribution in [0.25, 0.3) is 21.6 Å². The van der Waals surface area contributed by atoms with Gasteiger partial charge in [0.15, 0.2) is 0 Å². The summed E-state index contributed by atoms with van der Waals surface area (Å²) >= 11 is 3.43. The van der Waals surface area contributed by atoms with Gasteiger partial charge in [0, 0.05) is 10.4 Å². The molecule has 0 aliphatic carbocycles. The molecule has 0 unspecified atom stereocenters. The molecule has 2 N–H and O–H groups in total. The van der Waals surface area contributed by atoms with E-state index in [1.165, 1.54) is 27.1 Å². The van der Waals surface area contributed by atoms with Gasteiger partial charge in [0.2, 0.25) is 0 Å². The highest BCUT2D eigenvalue weighted by atomic mass is 32.1. The van der Waals surface area contributed by atoms with Crippen molar-refractivity contribution < 1.29 is 0 Å². The third-order valence-corrected chi connectivity index (χ3v) is 5.03. The summed E-state index contributed by atoms with van der Waals surface area (Å²) in [6.07, 6.45) is 0.973. The second-order valence-electron chi connectivity index (χ2n) is 4.38.